The topological polar surface area (TPSA) is 88.0 Å². The van der Waals surface area contributed by atoms with Gasteiger partial charge in [0.2, 0.25) is 5.75 Å². The number of methoxy groups -OCH3 is 2. The first-order valence-electron chi connectivity index (χ1n) is 7.94. The minimum absolute atomic E-state index is 0. The second-order valence-electron chi connectivity index (χ2n) is 5.26. The van der Waals surface area contributed by atoms with E-state index in [0.29, 0.717) is 30.5 Å². The van der Waals surface area contributed by atoms with Crippen molar-refractivity contribution in [2.24, 2.45) is 4.99 Å². The number of aromatic hydroxyl groups is 1. The van der Waals surface area contributed by atoms with Gasteiger partial charge in [-0.3, -0.25) is 0 Å². The Morgan fingerprint density at radius 3 is 2.38 bits per heavy atom. The molecule has 9 heteroatoms. The van der Waals surface area contributed by atoms with Crippen molar-refractivity contribution in [3.05, 3.63) is 33.8 Å². The molecule has 0 aliphatic heterocycles. The van der Waals surface area contributed by atoms with E-state index in [1.807, 2.05) is 20.0 Å². The monoisotopic (exact) mass is 492 g/mol. The van der Waals surface area contributed by atoms with Crippen LogP contribution in [0.3, 0.4) is 0 Å². The maximum absolute atomic E-state index is 9.97. The maximum atomic E-state index is 9.97. The molecule has 0 radical (unpaired) electrons. The van der Waals surface area contributed by atoms with E-state index in [1.54, 1.807) is 23.5 Å². The lowest BCUT2D eigenvalue weighted by atomic mass is 10.2. The number of hydrogen-bond donors (Lipinski definition) is 3. The average molecular weight is 492 g/mol. The normalized spacial score (nSPS) is 10.8. The van der Waals surface area contributed by atoms with E-state index in [9.17, 15) is 5.11 Å². The lowest BCUT2D eigenvalue weighted by Gasteiger charge is -2.12. The van der Waals surface area contributed by atoms with Gasteiger partial charge < -0.3 is 25.2 Å². The van der Waals surface area contributed by atoms with Gasteiger partial charge in [-0.15, -0.1) is 35.3 Å². The van der Waals surface area contributed by atoms with Gasteiger partial charge in [0.1, 0.15) is 5.01 Å². The van der Waals surface area contributed by atoms with Crippen LogP contribution < -0.4 is 20.1 Å². The van der Waals surface area contributed by atoms with Crippen LogP contribution in [0.15, 0.2) is 23.3 Å². The van der Waals surface area contributed by atoms with Crippen LogP contribution in [0.4, 0.5) is 0 Å². The summed E-state index contributed by atoms with van der Waals surface area (Å²) in [5, 5.41) is 17.4. The number of phenols is 1. The standard InChI is InChI=1S/C17H24N4O3S.HI/c1-5-18-17(21-10-15-19-8-11(2)25-15)20-9-12-6-13(23-3)16(22)14(7-12)24-4;/h6-8,22H,5,9-10H2,1-4H3,(H2,18,20,21);1H. The van der Waals surface area contributed by atoms with Gasteiger partial charge >= 0.3 is 0 Å². The summed E-state index contributed by atoms with van der Waals surface area (Å²) in [5.41, 5.74) is 0.869. The molecular formula is C17H25IN4O3S. The van der Waals surface area contributed by atoms with Crippen LogP contribution in [0.2, 0.25) is 0 Å². The Hall–Kier alpha value is -1.75. The molecule has 26 heavy (non-hydrogen) atoms. The van der Waals surface area contributed by atoms with Gasteiger partial charge in [-0.05, 0) is 31.5 Å². The fourth-order valence-electron chi connectivity index (χ4n) is 2.19. The first kappa shape index (κ1) is 22.3. The highest BCUT2D eigenvalue weighted by atomic mass is 127. The average Bonchev–Trinajstić information content (AvgIpc) is 3.03. The molecule has 1 aromatic heterocycles. The molecule has 144 valence electrons. The van der Waals surface area contributed by atoms with Crippen molar-refractivity contribution < 1.29 is 14.6 Å². The van der Waals surface area contributed by atoms with Gasteiger partial charge in [0, 0.05) is 17.6 Å². The van der Waals surface area contributed by atoms with Gasteiger partial charge in [0.15, 0.2) is 17.5 Å². The molecule has 2 rings (SSSR count). The number of aliphatic imine (C=N–C) groups is 1. The molecule has 0 unspecified atom stereocenters. The first-order valence-corrected chi connectivity index (χ1v) is 8.76. The van der Waals surface area contributed by atoms with E-state index < -0.39 is 0 Å². The summed E-state index contributed by atoms with van der Waals surface area (Å²) >= 11 is 1.66. The number of nitrogens with one attached hydrogen (secondary N) is 2. The molecule has 0 fully saturated rings. The number of guanidine groups is 1. The Kier molecular flexibility index (Phi) is 9.49. The van der Waals surface area contributed by atoms with Crippen molar-refractivity contribution in [3.63, 3.8) is 0 Å². The minimum atomic E-state index is -0.0121. The number of thiazole rings is 1. The Morgan fingerprint density at radius 2 is 1.88 bits per heavy atom. The molecule has 1 aromatic carbocycles. The molecule has 0 amide bonds. The number of hydrogen-bond acceptors (Lipinski definition) is 6. The van der Waals surface area contributed by atoms with E-state index >= 15 is 0 Å². The molecule has 7 nitrogen and oxygen atoms in total. The molecule has 0 atom stereocenters. The van der Waals surface area contributed by atoms with Crippen molar-refractivity contribution in [3.8, 4) is 17.2 Å². The predicted molar refractivity (Wildman–Crippen MR) is 115 cm³/mol. The van der Waals surface area contributed by atoms with Crippen LogP contribution in [0, 0.1) is 6.92 Å². The van der Waals surface area contributed by atoms with Crippen LogP contribution in [-0.4, -0.2) is 36.8 Å². The van der Waals surface area contributed by atoms with E-state index in [2.05, 4.69) is 20.6 Å². The summed E-state index contributed by atoms with van der Waals surface area (Å²) < 4.78 is 10.3. The van der Waals surface area contributed by atoms with E-state index in [4.69, 9.17) is 9.47 Å². The lowest BCUT2D eigenvalue weighted by molar-refractivity contribution is 0.339. The van der Waals surface area contributed by atoms with Crippen LogP contribution in [0.1, 0.15) is 22.4 Å². The number of benzene rings is 1. The minimum Gasteiger partial charge on any atom is -0.502 e. The van der Waals surface area contributed by atoms with Crippen molar-refractivity contribution in [1.29, 1.82) is 0 Å². The third-order valence-corrected chi connectivity index (χ3v) is 4.29. The van der Waals surface area contributed by atoms with Gasteiger partial charge in [-0.25, -0.2) is 9.98 Å². The molecule has 0 bridgehead atoms. The fraction of sp³-hybridized carbons (Fsp3) is 0.412. The number of aromatic nitrogens is 1. The van der Waals surface area contributed by atoms with E-state index in [0.717, 1.165) is 17.1 Å². The Morgan fingerprint density at radius 1 is 1.23 bits per heavy atom. The summed E-state index contributed by atoms with van der Waals surface area (Å²) in [4.78, 5) is 10.1. The third kappa shape index (κ3) is 6.20. The largest absolute Gasteiger partial charge is 0.502 e. The van der Waals surface area contributed by atoms with E-state index in [-0.39, 0.29) is 29.7 Å². The number of ether oxygens (including phenoxy) is 2. The van der Waals surface area contributed by atoms with Gasteiger partial charge in [0.05, 0.1) is 27.3 Å². The molecule has 0 aliphatic carbocycles. The third-order valence-electron chi connectivity index (χ3n) is 3.38. The van der Waals surface area contributed by atoms with Crippen molar-refractivity contribution in [2.45, 2.75) is 26.9 Å². The number of rotatable bonds is 7. The zero-order valence-electron chi connectivity index (χ0n) is 15.3. The molecule has 0 spiro atoms. The molecule has 2 aromatic rings. The quantitative estimate of drug-likeness (QED) is 0.313. The van der Waals surface area contributed by atoms with Crippen molar-refractivity contribution in [2.75, 3.05) is 20.8 Å². The van der Waals surface area contributed by atoms with Crippen LogP contribution in [0.25, 0.3) is 0 Å². The molecule has 0 saturated carbocycles. The summed E-state index contributed by atoms with van der Waals surface area (Å²) in [6.45, 7) is 5.83. The molecule has 0 saturated heterocycles. The summed E-state index contributed by atoms with van der Waals surface area (Å²) in [6.07, 6.45) is 1.86. The number of aryl methyl sites for hydroxylation is 1. The maximum Gasteiger partial charge on any atom is 0.200 e. The highest BCUT2D eigenvalue weighted by molar-refractivity contribution is 14.0. The highest BCUT2D eigenvalue weighted by Gasteiger charge is 2.11. The van der Waals surface area contributed by atoms with Gasteiger partial charge in [-0.1, -0.05) is 0 Å². The predicted octanol–water partition coefficient (Wildman–Crippen LogP) is 3.05. The number of phenolic OH excluding ortho intramolecular Hbond substituents is 1. The molecular weight excluding hydrogens is 467 g/mol. The first-order chi connectivity index (χ1) is 12.1. The van der Waals surface area contributed by atoms with Crippen molar-refractivity contribution in [1.82, 2.24) is 15.6 Å². The number of nitrogens with zero attached hydrogens (tertiary/aromatic N) is 2. The molecule has 0 aliphatic rings. The van der Waals surface area contributed by atoms with Crippen LogP contribution in [0.5, 0.6) is 17.2 Å². The highest BCUT2D eigenvalue weighted by Crippen LogP contribution is 2.37. The molecule has 3 N–H and O–H groups in total. The summed E-state index contributed by atoms with van der Waals surface area (Å²) in [5.74, 6) is 1.41. The zero-order valence-corrected chi connectivity index (χ0v) is 18.5. The Balaban J connectivity index is 0.00000338. The second-order valence-corrected chi connectivity index (χ2v) is 6.58. The second kappa shape index (κ2) is 11.1. The SMILES string of the molecule is CCNC(=NCc1cc(OC)c(O)c(OC)c1)NCc1ncc(C)s1.I. The zero-order chi connectivity index (χ0) is 18.2. The Bertz CT molecular complexity index is 712. The van der Waals surface area contributed by atoms with Crippen LogP contribution in [-0.2, 0) is 13.1 Å². The van der Waals surface area contributed by atoms with Crippen LogP contribution >= 0.6 is 35.3 Å². The molecule has 1 heterocycles. The van der Waals surface area contributed by atoms with Crippen molar-refractivity contribution >= 4 is 41.3 Å². The summed E-state index contributed by atoms with van der Waals surface area (Å²) in [6, 6.07) is 3.49. The number of halogens is 1. The smallest absolute Gasteiger partial charge is 0.200 e. The van der Waals surface area contributed by atoms with Gasteiger partial charge in [0.25, 0.3) is 0 Å². The fourth-order valence-corrected chi connectivity index (χ4v) is 2.92. The van der Waals surface area contributed by atoms with Gasteiger partial charge in [-0.2, -0.15) is 0 Å². The van der Waals surface area contributed by atoms with E-state index in [1.165, 1.54) is 19.1 Å². The summed E-state index contributed by atoms with van der Waals surface area (Å²) in [7, 11) is 3.01. The lowest BCUT2D eigenvalue weighted by Crippen LogP contribution is -2.36. The Labute approximate surface area is 174 Å².